The van der Waals surface area contributed by atoms with Gasteiger partial charge in [-0.3, -0.25) is 14.5 Å². The lowest BCUT2D eigenvalue weighted by molar-refractivity contribution is 0.102. The Morgan fingerprint density at radius 2 is 1.82 bits per heavy atom. The van der Waals surface area contributed by atoms with Crippen molar-refractivity contribution in [1.82, 2.24) is 4.98 Å². The van der Waals surface area contributed by atoms with E-state index in [1.165, 1.54) is 12.1 Å². The number of nitrogens with zero attached hydrogens (tertiary/aromatic N) is 1. The van der Waals surface area contributed by atoms with Gasteiger partial charge in [0.1, 0.15) is 5.82 Å². The molecule has 0 aliphatic rings. The van der Waals surface area contributed by atoms with Gasteiger partial charge in [0.2, 0.25) is 10.0 Å². The molecule has 1 heterocycles. The summed E-state index contributed by atoms with van der Waals surface area (Å²) in [6.07, 6.45) is 0.925. The number of amides is 1. The van der Waals surface area contributed by atoms with Crippen molar-refractivity contribution in [2.45, 2.75) is 19.8 Å². The van der Waals surface area contributed by atoms with Gasteiger partial charge in [-0.05, 0) is 36.2 Å². The molecule has 2 aromatic carbocycles. The topological polar surface area (TPSA) is 88.2 Å². The average molecular weight is 401 g/mol. The molecule has 0 unspecified atom stereocenters. The van der Waals surface area contributed by atoms with Gasteiger partial charge in [0.25, 0.3) is 5.91 Å². The fourth-order valence-electron chi connectivity index (χ4n) is 2.76. The molecular weight excluding hydrogens is 381 g/mol. The molecule has 0 bridgehead atoms. The first-order valence-corrected chi connectivity index (χ1v) is 10.5. The molecule has 3 aromatic rings. The lowest BCUT2D eigenvalue weighted by Gasteiger charge is -2.13. The summed E-state index contributed by atoms with van der Waals surface area (Å²) in [5.74, 6) is -0.996. The van der Waals surface area contributed by atoms with Crippen LogP contribution in [0.4, 0.5) is 15.8 Å². The van der Waals surface area contributed by atoms with Gasteiger partial charge < -0.3 is 5.32 Å². The highest BCUT2D eigenvalue weighted by atomic mass is 32.2. The van der Waals surface area contributed by atoms with Crippen LogP contribution in [0.15, 0.2) is 48.5 Å². The molecular formula is C20H20FN3O3S. The van der Waals surface area contributed by atoms with Crippen molar-refractivity contribution < 1.29 is 17.6 Å². The molecule has 0 spiro atoms. The van der Waals surface area contributed by atoms with Crippen LogP contribution in [0.1, 0.15) is 35.8 Å². The Bertz CT molecular complexity index is 1160. The van der Waals surface area contributed by atoms with Crippen LogP contribution in [0.25, 0.3) is 10.9 Å². The minimum Gasteiger partial charge on any atom is -0.322 e. The molecule has 1 aromatic heterocycles. The largest absolute Gasteiger partial charge is 0.322 e. The number of para-hydroxylation sites is 1. The molecule has 0 aliphatic carbocycles. The standard InChI is InChI=1S/C20H20FN3O3S/c1-12(2)18-11-15(14-6-4-5-7-17(14)23-18)20(25)22-13-8-9-16(21)19(10-13)24-28(3,26)27/h4-12,24H,1-3H3,(H,22,25). The molecule has 0 atom stereocenters. The SMILES string of the molecule is CC(C)c1cc(C(=O)Nc2ccc(F)c(NS(C)(=O)=O)c2)c2ccccc2n1. The van der Waals surface area contributed by atoms with Gasteiger partial charge in [-0.15, -0.1) is 0 Å². The molecule has 0 aliphatic heterocycles. The first-order valence-electron chi connectivity index (χ1n) is 8.62. The summed E-state index contributed by atoms with van der Waals surface area (Å²) in [5, 5.41) is 3.40. The van der Waals surface area contributed by atoms with E-state index in [1.807, 2.05) is 38.1 Å². The quantitative estimate of drug-likeness (QED) is 0.673. The lowest BCUT2D eigenvalue weighted by Crippen LogP contribution is -2.15. The number of nitrogens with one attached hydrogen (secondary N) is 2. The number of benzene rings is 2. The molecule has 3 rings (SSSR count). The maximum Gasteiger partial charge on any atom is 0.256 e. The van der Waals surface area contributed by atoms with Crippen molar-refractivity contribution in [2.75, 3.05) is 16.3 Å². The van der Waals surface area contributed by atoms with Crippen molar-refractivity contribution in [2.24, 2.45) is 0 Å². The second-order valence-electron chi connectivity index (χ2n) is 6.79. The Hall–Kier alpha value is -3.00. The smallest absolute Gasteiger partial charge is 0.256 e. The van der Waals surface area contributed by atoms with Gasteiger partial charge in [-0.25, -0.2) is 12.8 Å². The number of sulfonamides is 1. The monoisotopic (exact) mass is 401 g/mol. The normalized spacial score (nSPS) is 11.6. The van der Waals surface area contributed by atoms with Crippen LogP contribution in [-0.4, -0.2) is 25.6 Å². The Morgan fingerprint density at radius 3 is 2.50 bits per heavy atom. The number of hydrogen-bond donors (Lipinski definition) is 2. The molecule has 8 heteroatoms. The molecule has 0 saturated carbocycles. The Morgan fingerprint density at radius 1 is 1.11 bits per heavy atom. The summed E-state index contributed by atoms with van der Waals surface area (Å²) in [6, 6.07) is 12.8. The van der Waals surface area contributed by atoms with Gasteiger partial charge >= 0.3 is 0 Å². The highest BCUT2D eigenvalue weighted by molar-refractivity contribution is 7.92. The number of carbonyl (C=O) groups excluding carboxylic acids is 1. The number of pyridine rings is 1. The van der Waals surface area contributed by atoms with Crippen LogP contribution in [-0.2, 0) is 10.0 Å². The number of halogens is 1. The van der Waals surface area contributed by atoms with Crippen LogP contribution < -0.4 is 10.0 Å². The van der Waals surface area contributed by atoms with Crippen LogP contribution >= 0.6 is 0 Å². The summed E-state index contributed by atoms with van der Waals surface area (Å²) < 4.78 is 38.7. The van der Waals surface area contributed by atoms with Gasteiger partial charge in [-0.2, -0.15) is 0 Å². The highest BCUT2D eigenvalue weighted by Crippen LogP contribution is 2.25. The molecule has 2 N–H and O–H groups in total. The van der Waals surface area contributed by atoms with Crippen LogP contribution in [0.3, 0.4) is 0 Å². The summed E-state index contributed by atoms with van der Waals surface area (Å²) in [5.41, 5.74) is 1.96. The van der Waals surface area contributed by atoms with Crippen molar-refractivity contribution in [3.05, 3.63) is 65.6 Å². The predicted octanol–water partition coefficient (Wildman–Crippen LogP) is 4.12. The Labute approximate surface area is 162 Å². The molecule has 1 amide bonds. The Balaban J connectivity index is 1.99. The van der Waals surface area contributed by atoms with Crippen LogP contribution in [0.5, 0.6) is 0 Å². The maximum absolute atomic E-state index is 13.9. The average Bonchev–Trinajstić information content (AvgIpc) is 2.62. The van der Waals surface area contributed by atoms with Crippen molar-refractivity contribution in [3.63, 3.8) is 0 Å². The van der Waals surface area contributed by atoms with E-state index in [1.54, 1.807) is 6.07 Å². The van der Waals surface area contributed by atoms with Gasteiger partial charge in [-0.1, -0.05) is 32.0 Å². The molecule has 146 valence electrons. The fraction of sp³-hybridized carbons (Fsp3) is 0.200. The van der Waals surface area contributed by atoms with E-state index in [0.29, 0.717) is 16.5 Å². The van der Waals surface area contributed by atoms with Gasteiger partial charge in [0.05, 0.1) is 23.0 Å². The predicted molar refractivity (Wildman–Crippen MR) is 109 cm³/mol. The third-order valence-electron chi connectivity index (χ3n) is 4.09. The second-order valence-corrected chi connectivity index (χ2v) is 8.54. The zero-order chi connectivity index (χ0) is 20.5. The van der Waals surface area contributed by atoms with E-state index in [0.717, 1.165) is 18.0 Å². The zero-order valence-corrected chi connectivity index (χ0v) is 16.5. The number of rotatable bonds is 5. The molecule has 28 heavy (non-hydrogen) atoms. The van der Waals surface area contributed by atoms with Gasteiger partial charge in [0.15, 0.2) is 0 Å². The number of fused-ring (bicyclic) bond motifs is 1. The van der Waals surface area contributed by atoms with E-state index in [2.05, 4.69) is 15.0 Å². The summed E-state index contributed by atoms with van der Waals surface area (Å²) in [4.78, 5) is 17.5. The third kappa shape index (κ3) is 4.45. The minimum atomic E-state index is -3.65. The Kier molecular flexibility index (Phi) is 5.33. The first-order chi connectivity index (χ1) is 13.1. The lowest BCUT2D eigenvalue weighted by atomic mass is 10.0. The minimum absolute atomic E-state index is 0.132. The molecule has 0 saturated heterocycles. The molecule has 0 fully saturated rings. The number of carbonyl (C=O) groups is 1. The van der Waals surface area contributed by atoms with E-state index in [9.17, 15) is 17.6 Å². The molecule has 0 radical (unpaired) electrons. The fourth-order valence-corrected chi connectivity index (χ4v) is 3.31. The summed E-state index contributed by atoms with van der Waals surface area (Å²) in [6.45, 7) is 3.98. The third-order valence-corrected chi connectivity index (χ3v) is 4.68. The zero-order valence-electron chi connectivity index (χ0n) is 15.7. The highest BCUT2D eigenvalue weighted by Gasteiger charge is 2.16. The number of aromatic nitrogens is 1. The second kappa shape index (κ2) is 7.55. The first kappa shape index (κ1) is 19.8. The maximum atomic E-state index is 13.9. The van der Waals surface area contributed by atoms with Crippen LogP contribution in [0, 0.1) is 5.82 Å². The molecule has 6 nitrogen and oxygen atoms in total. The number of anilines is 2. The van der Waals surface area contributed by atoms with E-state index >= 15 is 0 Å². The van der Waals surface area contributed by atoms with Crippen molar-refractivity contribution in [1.29, 1.82) is 0 Å². The van der Waals surface area contributed by atoms with Crippen molar-refractivity contribution in [3.8, 4) is 0 Å². The van der Waals surface area contributed by atoms with E-state index < -0.39 is 21.7 Å². The van der Waals surface area contributed by atoms with E-state index in [-0.39, 0.29) is 17.3 Å². The summed E-state index contributed by atoms with van der Waals surface area (Å²) in [7, 11) is -3.65. The van der Waals surface area contributed by atoms with E-state index in [4.69, 9.17) is 0 Å². The van der Waals surface area contributed by atoms with Gasteiger partial charge in [0, 0.05) is 16.8 Å². The van der Waals surface area contributed by atoms with Crippen molar-refractivity contribution >= 4 is 38.2 Å². The number of hydrogen-bond acceptors (Lipinski definition) is 4. The van der Waals surface area contributed by atoms with Crippen LogP contribution in [0.2, 0.25) is 0 Å². The summed E-state index contributed by atoms with van der Waals surface area (Å²) >= 11 is 0.